The van der Waals surface area contributed by atoms with Crippen LogP contribution in [0.25, 0.3) is 0 Å². The van der Waals surface area contributed by atoms with Crippen LogP contribution in [-0.4, -0.2) is 19.2 Å². The van der Waals surface area contributed by atoms with Gasteiger partial charge in [-0.05, 0) is 38.9 Å². The molecule has 0 bridgehead atoms. The number of aryl methyl sites for hydroxylation is 1. The number of hydrogen-bond donors (Lipinski definition) is 1. The van der Waals surface area contributed by atoms with Gasteiger partial charge in [0.2, 0.25) is 0 Å². The fourth-order valence-electron chi connectivity index (χ4n) is 2.07. The van der Waals surface area contributed by atoms with Crippen LogP contribution in [0.3, 0.4) is 0 Å². The van der Waals surface area contributed by atoms with Crippen LogP contribution in [0, 0.1) is 6.92 Å². The average molecular weight is 235 g/mol. The lowest BCUT2D eigenvalue weighted by atomic mass is 10.0. The molecule has 0 saturated heterocycles. The first kappa shape index (κ1) is 14.0. The molecule has 2 nitrogen and oxygen atoms in total. The lowest BCUT2D eigenvalue weighted by Gasteiger charge is -2.26. The molecule has 2 heteroatoms. The van der Waals surface area contributed by atoms with Crippen LogP contribution in [-0.2, 0) is 0 Å². The minimum atomic E-state index is 0.252. The molecule has 0 spiro atoms. The van der Waals surface area contributed by atoms with Crippen LogP contribution in [0.2, 0.25) is 0 Å². The van der Waals surface area contributed by atoms with E-state index in [9.17, 15) is 0 Å². The number of benzene rings is 1. The van der Waals surface area contributed by atoms with E-state index in [0.717, 1.165) is 18.6 Å². The molecule has 2 atom stereocenters. The minimum absolute atomic E-state index is 0.252. The second-order valence-electron chi connectivity index (χ2n) is 4.56. The van der Waals surface area contributed by atoms with Gasteiger partial charge in [0.05, 0.1) is 0 Å². The summed E-state index contributed by atoms with van der Waals surface area (Å²) in [6.07, 6.45) is 3.61. The third-order valence-electron chi connectivity index (χ3n) is 3.13. The van der Waals surface area contributed by atoms with E-state index in [1.807, 2.05) is 7.05 Å². The molecular formula is C15H25NO. The molecule has 0 aliphatic carbocycles. The highest BCUT2D eigenvalue weighted by Gasteiger charge is 2.19. The molecule has 96 valence electrons. The van der Waals surface area contributed by atoms with Gasteiger partial charge in [-0.3, -0.25) is 0 Å². The van der Waals surface area contributed by atoms with Crippen molar-refractivity contribution >= 4 is 0 Å². The molecule has 2 unspecified atom stereocenters. The molecule has 0 saturated carbocycles. The Morgan fingerprint density at radius 1 is 1.18 bits per heavy atom. The Labute approximate surface area is 105 Å². The third-order valence-corrected chi connectivity index (χ3v) is 3.13. The van der Waals surface area contributed by atoms with Gasteiger partial charge in [-0.1, -0.05) is 38.0 Å². The van der Waals surface area contributed by atoms with Gasteiger partial charge in [0.1, 0.15) is 11.9 Å². The predicted molar refractivity (Wildman–Crippen MR) is 73.6 cm³/mol. The van der Waals surface area contributed by atoms with Crippen molar-refractivity contribution in [1.82, 2.24) is 5.32 Å². The van der Waals surface area contributed by atoms with E-state index in [4.69, 9.17) is 4.74 Å². The molecule has 1 N–H and O–H groups in total. The summed E-state index contributed by atoms with van der Waals surface area (Å²) in [5, 5.41) is 3.36. The number of ether oxygens (including phenoxy) is 1. The zero-order valence-electron chi connectivity index (χ0n) is 11.5. The molecule has 0 amide bonds. The second-order valence-corrected chi connectivity index (χ2v) is 4.56. The van der Waals surface area contributed by atoms with Crippen molar-refractivity contribution in [1.29, 1.82) is 0 Å². The maximum absolute atomic E-state index is 6.06. The molecule has 0 radical (unpaired) electrons. The summed E-state index contributed by atoms with van der Waals surface area (Å²) in [7, 11) is 2.02. The largest absolute Gasteiger partial charge is 0.489 e. The van der Waals surface area contributed by atoms with Gasteiger partial charge in [-0.25, -0.2) is 0 Å². The fraction of sp³-hybridized carbons (Fsp3) is 0.600. The SMILES string of the molecule is CCCC(NC)C(CC)Oc1ccc(C)cc1. The van der Waals surface area contributed by atoms with Gasteiger partial charge >= 0.3 is 0 Å². The molecule has 17 heavy (non-hydrogen) atoms. The molecular weight excluding hydrogens is 210 g/mol. The normalized spacial score (nSPS) is 14.4. The lowest BCUT2D eigenvalue weighted by molar-refractivity contribution is 0.147. The topological polar surface area (TPSA) is 21.3 Å². The zero-order valence-corrected chi connectivity index (χ0v) is 11.5. The van der Waals surface area contributed by atoms with Crippen LogP contribution in [0.5, 0.6) is 5.75 Å². The van der Waals surface area contributed by atoms with Crippen LogP contribution in [0.1, 0.15) is 38.7 Å². The Morgan fingerprint density at radius 2 is 1.82 bits per heavy atom. The van der Waals surface area contributed by atoms with E-state index in [1.54, 1.807) is 0 Å². The summed E-state index contributed by atoms with van der Waals surface area (Å²) in [4.78, 5) is 0. The van der Waals surface area contributed by atoms with E-state index >= 15 is 0 Å². The van der Waals surface area contributed by atoms with Gasteiger partial charge in [-0.2, -0.15) is 0 Å². The fourth-order valence-corrected chi connectivity index (χ4v) is 2.07. The van der Waals surface area contributed by atoms with E-state index in [0.29, 0.717) is 6.04 Å². The molecule has 0 aliphatic rings. The highest BCUT2D eigenvalue weighted by molar-refractivity contribution is 5.26. The molecule has 1 aromatic rings. The van der Waals surface area contributed by atoms with Crippen LogP contribution in [0.15, 0.2) is 24.3 Å². The highest BCUT2D eigenvalue weighted by Crippen LogP contribution is 2.17. The number of hydrogen-bond acceptors (Lipinski definition) is 2. The lowest BCUT2D eigenvalue weighted by Crippen LogP contribution is -2.40. The van der Waals surface area contributed by atoms with Gasteiger partial charge in [0, 0.05) is 6.04 Å². The summed E-state index contributed by atoms with van der Waals surface area (Å²) in [6.45, 7) is 6.48. The third kappa shape index (κ3) is 4.39. The number of nitrogens with one attached hydrogen (secondary N) is 1. The van der Waals surface area contributed by atoms with Crippen LogP contribution < -0.4 is 10.1 Å². The van der Waals surface area contributed by atoms with Gasteiger partial charge < -0.3 is 10.1 Å². The first-order valence-corrected chi connectivity index (χ1v) is 6.61. The Bertz CT molecular complexity index is 307. The van der Waals surface area contributed by atoms with Gasteiger partial charge in [-0.15, -0.1) is 0 Å². The minimum Gasteiger partial charge on any atom is -0.489 e. The summed E-state index contributed by atoms with van der Waals surface area (Å²) in [5.41, 5.74) is 1.27. The Hall–Kier alpha value is -1.02. The molecule has 0 heterocycles. The van der Waals surface area contributed by atoms with E-state index in [2.05, 4.69) is 50.4 Å². The van der Waals surface area contributed by atoms with E-state index in [1.165, 1.54) is 12.0 Å². The second kappa shape index (κ2) is 7.33. The first-order chi connectivity index (χ1) is 8.21. The standard InChI is InChI=1S/C15H25NO/c1-5-7-14(16-4)15(6-2)17-13-10-8-12(3)9-11-13/h8-11,14-16H,5-7H2,1-4H3. The monoisotopic (exact) mass is 235 g/mol. The van der Waals surface area contributed by atoms with Crippen molar-refractivity contribution in [3.63, 3.8) is 0 Å². The summed E-state index contributed by atoms with van der Waals surface area (Å²) in [5.74, 6) is 0.971. The van der Waals surface area contributed by atoms with Crippen molar-refractivity contribution in [2.24, 2.45) is 0 Å². The molecule has 1 rings (SSSR count). The quantitative estimate of drug-likeness (QED) is 0.780. The molecule has 0 aliphatic heterocycles. The maximum atomic E-state index is 6.06. The predicted octanol–water partition coefficient (Wildman–Crippen LogP) is 3.54. The van der Waals surface area contributed by atoms with Gasteiger partial charge in [0.25, 0.3) is 0 Å². The smallest absolute Gasteiger partial charge is 0.119 e. The van der Waals surface area contributed by atoms with Crippen molar-refractivity contribution in [3.05, 3.63) is 29.8 Å². The van der Waals surface area contributed by atoms with Gasteiger partial charge in [0.15, 0.2) is 0 Å². The first-order valence-electron chi connectivity index (χ1n) is 6.61. The van der Waals surface area contributed by atoms with Crippen molar-refractivity contribution in [2.75, 3.05) is 7.05 Å². The Morgan fingerprint density at radius 3 is 2.29 bits per heavy atom. The van der Waals surface area contributed by atoms with E-state index in [-0.39, 0.29) is 6.10 Å². The molecule has 0 fully saturated rings. The zero-order chi connectivity index (χ0) is 12.7. The average Bonchev–Trinajstić information content (AvgIpc) is 2.36. The summed E-state index contributed by atoms with van der Waals surface area (Å²) in [6, 6.07) is 8.73. The maximum Gasteiger partial charge on any atom is 0.119 e. The Balaban J connectivity index is 2.64. The molecule has 0 aromatic heterocycles. The highest BCUT2D eigenvalue weighted by atomic mass is 16.5. The van der Waals surface area contributed by atoms with Crippen LogP contribution >= 0.6 is 0 Å². The number of rotatable bonds is 7. The van der Waals surface area contributed by atoms with Crippen molar-refractivity contribution in [2.45, 2.75) is 52.2 Å². The Kier molecular flexibility index (Phi) is 6.06. The van der Waals surface area contributed by atoms with Crippen LogP contribution in [0.4, 0.5) is 0 Å². The summed E-state index contributed by atoms with van der Waals surface area (Å²) >= 11 is 0. The molecule has 1 aromatic carbocycles. The van der Waals surface area contributed by atoms with Crippen molar-refractivity contribution in [3.8, 4) is 5.75 Å². The number of likely N-dealkylation sites (N-methyl/N-ethyl adjacent to an activating group) is 1. The van der Waals surface area contributed by atoms with E-state index < -0.39 is 0 Å². The summed E-state index contributed by atoms with van der Waals surface area (Å²) < 4.78 is 6.06. The van der Waals surface area contributed by atoms with Crippen molar-refractivity contribution < 1.29 is 4.74 Å².